The van der Waals surface area contributed by atoms with E-state index < -0.39 is 10.8 Å². The van der Waals surface area contributed by atoms with Gasteiger partial charge in [-0.3, -0.25) is 14.9 Å². The largest absolute Gasteiger partial charge is 0.494 e. The number of amides is 1. The van der Waals surface area contributed by atoms with Gasteiger partial charge in [0.05, 0.1) is 29.8 Å². The van der Waals surface area contributed by atoms with Crippen molar-refractivity contribution in [2.24, 2.45) is 0 Å². The predicted molar refractivity (Wildman–Crippen MR) is 125 cm³/mol. The van der Waals surface area contributed by atoms with Crippen LogP contribution in [0.2, 0.25) is 0 Å². The SMILES string of the molecule is COc1cc([N+](=O)[O-])ccc1-n1c(C)cc(/C=C(/C#N)C(=O)N[C@@H](C)c2ccccc2)c1C. The fourth-order valence-electron chi connectivity index (χ4n) is 3.67. The first-order valence-corrected chi connectivity index (χ1v) is 10.3. The molecule has 1 heterocycles. The van der Waals surface area contributed by atoms with Crippen LogP contribution in [0, 0.1) is 35.3 Å². The summed E-state index contributed by atoms with van der Waals surface area (Å²) in [5, 5.41) is 23.6. The molecule has 0 radical (unpaired) electrons. The number of nitrogens with zero attached hydrogens (tertiary/aromatic N) is 3. The second kappa shape index (κ2) is 9.83. The minimum absolute atomic E-state index is 0.0197. The Morgan fingerprint density at radius 1 is 1.21 bits per heavy atom. The monoisotopic (exact) mass is 444 g/mol. The first-order valence-electron chi connectivity index (χ1n) is 10.3. The van der Waals surface area contributed by atoms with E-state index in [1.54, 1.807) is 12.1 Å². The Balaban J connectivity index is 1.95. The van der Waals surface area contributed by atoms with Gasteiger partial charge in [0.15, 0.2) is 0 Å². The number of hydrogen-bond acceptors (Lipinski definition) is 5. The molecule has 0 saturated carbocycles. The molecule has 0 saturated heterocycles. The highest BCUT2D eigenvalue weighted by molar-refractivity contribution is 6.02. The average Bonchev–Trinajstić information content (AvgIpc) is 3.09. The van der Waals surface area contributed by atoms with Crippen molar-refractivity contribution in [2.45, 2.75) is 26.8 Å². The molecule has 0 unspecified atom stereocenters. The molecule has 0 aliphatic heterocycles. The predicted octanol–water partition coefficient (Wildman–Crippen LogP) is 4.80. The number of non-ortho nitro benzene ring substituents is 1. The number of hydrogen-bond donors (Lipinski definition) is 1. The Bertz CT molecular complexity index is 1270. The van der Waals surface area contributed by atoms with Crippen molar-refractivity contribution in [3.05, 3.63) is 92.8 Å². The molecule has 0 aliphatic carbocycles. The van der Waals surface area contributed by atoms with Gasteiger partial charge in [-0.15, -0.1) is 0 Å². The van der Waals surface area contributed by atoms with Gasteiger partial charge in [0.2, 0.25) is 0 Å². The number of rotatable bonds is 7. The van der Waals surface area contributed by atoms with Gasteiger partial charge in [-0.2, -0.15) is 5.26 Å². The Hall–Kier alpha value is -4.38. The van der Waals surface area contributed by atoms with Crippen LogP contribution in [-0.4, -0.2) is 22.5 Å². The number of benzene rings is 2. The van der Waals surface area contributed by atoms with Gasteiger partial charge in [0.25, 0.3) is 11.6 Å². The summed E-state index contributed by atoms with van der Waals surface area (Å²) in [7, 11) is 1.45. The molecule has 1 N–H and O–H groups in total. The molecule has 3 rings (SSSR count). The normalized spacial score (nSPS) is 12.0. The molecule has 2 aromatic carbocycles. The molecular formula is C25H24N4O4. The van der Waals surface area contributed by atoms with E-state index >= 15 is 0 Å². The summed E-state index contributed by atoms with van der Waals surface area (Å²) in [5.41, 5.74) is 3.73. The highest BCUT2D eigenvalue weighted by atomic mass is 16.6. The summed E-state index contributed by atoms with van der Waals surface area (Å²) >= 11 is 0. The quantitative estimate of drug-likeness (QED) is 0.244. The van der Waals surface area contributed by atoms with E-state index in [9.17, 15) is 20.2 Å². The van der Waals surface area contributed by atoms with Crippen LogP contribution in [0.1, 0.15) is 35.5 Å². The standard InChI is InChI=1S/C25H24N4O4/c1-16-12-20(13-21(15-26)25(30)27-17(2)19-8-6-5-7-9-19)18(3)28(16)23-11-10-22(29(31)32)14-24(23)33-4/h5-14,17H,1-4H3,(H,27,30)/b21-13-/t17-/m0/s1. The summed E-state index contributed by atoms with van der Waals surface area (Å²) in [4.78, 5) is 23.4. The third-order valence-corrected chi connectivity index (χ3v) is 5.40. The van der Waals surface area contributed by atoms with Gasteiger partial charge >= 0.3 is 0 Å². The highest BCUT2D eigenvalue weighted by Crippen LogP contribution is 2.32. The maximum atomic E-state index is 12.7. The lowest BCUT2D eigenvalue weighted by atomic mass is 10.1. The topological polar surface area (TPSA) is 110 Å². The highest BCUT2D eigenvalue weighted by Gasteiger charge is 2.19. The van der Waals surface area contributed by atoms with E-state index in [1.807, 2.05) is 67.8 Å². The van der Waals surface area contributed by atoms with E-state index in [2.05, 4.69) is 5.32 Å². The van der Waals surface area contributed by atoms with E-state index in [0.717, 1.165) is 17.0 Å². The summed E-state index contributed by atoms with van der Waals surface area (Å²) in [6.45, 7) is 5.57. The number of nitro benzene ring substituents is 1. The first kappa shape index (κ1) is 23.3. The molecule has 33 heavy (non-hydrogen) atoms. The lowest BCUT2D eigenvalue weighted by Gasteiger charge is -2.14. The van der Waals surface area contributed by atoms with E-state index in [0.29, 0.717) is 17.0 Å². The van der Waals surface area contributed by atoms with Crippen LogP contribution in [0.4, 0.5) is 5.69 Å². The molecule has 1 amide bonds. The first-order chi connectivity index (χ1) is 15.8. The number of ether oxygens (including phenoxy) is 1. The van der Waals surface area contributed by atoms with Crippen molar-refractivity contribution < 1.29 is 14.5 Å². The molecule has 8 heteroatoms. The number of methoxy groups -OCH3 is 1. The second-order valence-electron chi connectivity index (χ2n) is 7.55. The molecule has 0 aliphatic rings. The van der Waals surface area contributed by atoms with E-state index in [-0.39, 0.29) is 17.3 Å². The van der Waals surface area contributed by atoms with Crippen molar-refractivity contribution in [1.29, 1.82) is 5.26 Å². The summed E-state index contributed by atoms with van der Waals surface area (Å²) in [5.74, 6) is -0.122. The molecule has 3 aromatic rings. The third kappa shape index (κ3) is 4.93. The zero-order valence-corrected chi connectivity index (χ0v) is 18.8. The van der Waals surface area contributed by atoms with Crippen molar-refractivity contribution in [2.75, 3.05) is 7.11 Å². The number of carbonyl (C=O) groups excluding carboxylic acids is 1. The van der Waals surface area contributed by atoms with Crippen LogP contribution in [0.5, 0.6) is 5.75 Å². The molecule has 0 bridgehead atoms. The minimum Gasteiger partial charge on any atom is -0.494 e. The number of nitrogens with one attached hydrogen (secondary N) is 1. The Labute approximate surface area is 191 Å². The van der Waals surface area contributed by atoms with Gasteiger partial charge in [0.1, 0.15) is 17.4 Å². The van der Waals surface area contributed by atoms with E-state index in [4.69, 9.17) is 4.74 Å². The Morgan fingerprint density at radius 3 is 2.52 bits per heavy atom. The van der Waals surface area contributed by atoms with Gasteiger partial charge < -0.3 is 14.6 Å². The zero-order valence-electron chi connectivity index (χ0n) is 18.8. The van der Waals surface area contributed by atoms with Crippen molar-refractivity contribution >= 4 is 17.7 Å². The Kier molecular flexibility index (Phi) is 6.94. The zero-order chi connectivity index (χ0) is 24.1. The summed E-state index contributed by atoms with van der Waals surface area (Å²) in [6.07, 6.45) is 1.55. The summed E-state index contributed by atoms with van der Waals surface area (Å²) < 4.78 is 7.25. The minimum atomic E-state index is -0.482. The molecular weight excluding hydrogens is 420 g/mol. The Morgan fingerprint density at radius 2 is 1.91 bits per heavy atom. The smallest absolute Gasteiger partial charge is 0.273 e. The number of nitriles is 1. The van der Waals surface area contributed by atoms with Crippen molar-refractivity contribution in [3.8, 4) is 17.5 Å². The number of nitro groups is 1. The number of carbonyl (C=O) groups is 1. The van der Waals surface area contributed by atoms with Gasteiger partial charge in [-0.05, 0) is 50.1 Å². The van der Waals surface area contributed by atoms with Crippen LogP contribution in [0.3, 0.4) is 0 Å². The lowest BCUT2D eigenvalue weighted by Crippen LogP contribution is -2.27. The summed E-state index contributed by atoms with van der Waals surface area (Å²) in [6, 6.07) is 17.5. The lowest BCUT2D eigenvalue weighted by molar-refractivity contribution is -0.384. The third-order valence-electron chi connectivity index (χ3n) is 5.40. The van der Waals surface area contributed by atoms with Crippen LogP contribution in [-0.2, 0) is 4.79 Å². The van der Waals surface area contributed by atoms with Crippen LogP contribution in [0.15, 0.2) is 60.2 Å². The van der Waals surface area contributed by atoms with Crippen LogP contribution >= 0.6 is 0 Å². The van der Waals surface area contributed by atoms with Gasteiger partial charge in [0, 0.05) is 17.5 Å². The van der Waals surface area contributed by atoms with Gasteiger partial charge in [-0.25, -0.2) is 0 Å². The van der Waals surface area contributed by atoms with E-state index in [1.165, 1.54) is 19.2 Å². The molecule has 1 aromatic heterocycles. The fraction of sp³-hybridized carbons (Fsp3) is 0.200. The van der Waals surface area contributed by atoms with Crippen LogP contribution in [0.25, 0.3) is 11.8 Å². The average molecular weight is 444 g/mol. The maximum Gasteiger partial charge on any atom is 0.273 e. The molecule has 8 nitrogen and oxygen atoms in total. The number of aryl methyl sites for hydroxylation is 1. The maximum absolute atomic E-state index is 12.7. The number of aromatic nitrogens is 1. The molecule has 0 spiro atoms. The fourth-order valence-corrected chi connectivity index (χ4v) is 3.67. The van der Waals surface area contributed by atoms with Crippen molar-refractivity contribution in [3.63, 3.8) is 0 Å². The molecule has 168 valence electrons. The van der Waals surface area contributed by atoms with Crippen LogP contribution < -0.4 is 10.1 Å². The molecule has 0 fully saturated rings. The molecule has 1 atom stereocenters. The second-order valence-corrected chi connectivity index (χ2v) is 7.55. The van der Waals surface area contributed by atoms with Crippen molar-refractivity contribution in [1.82, 2.24) is 9.88 Å². The van der Waals surface area contributed by atoms with Gasteiger partial charge in [-0.1, -0.05) is 30.3 Å².